The maximum absolute atomic E-state index is 12.1. The second-order valence-corrected chi connectivity index (χ2v) is 6.05. The number of ether oxygens (including phenoxy) is 2. The van der Waals surface area contributed by atoms with E-state index in [1.54, 1.807) is 12.3 Å². The van der Waals surface area contributed by atoms with E-state index in [2.05, 4.69) is 15.6 Å². The molecule has 1 fully saturated rings. The van der Waals surface area contributed by atoms with Gasteiger partial charge in [-0.1, -0.05) is 12.1 Å². The van der Waals surface area contributed by atoms with Gasteiger partial charge < -0.3 is 20.1 Å². The highest BCUT2D eigenvalue weighted by Crippen LogP contribution is 2.19. The largest absolute Gasteiger partial charge is 0.491 e. The molecule has 132 valence electrons. The fourth-order valence-corrected chi connectivity index (χ4v) is 2.67. The topological polar surface area (TPSA) is 72.5 Å². The van der Waals surface area contributed by atoms with Gasteiger partial charge >= 0.3 is 6.03 Å². The number of aromatic nitrogens is 1. The van der Waals surface area contributed by atoms with E-state index in [1.165, 1.54) is 0 Å². The number of carbonyl (C=O) groups is 1. The van der Waals surface area contributed by atoms with Crippen molar-refractivity contribution in [2.75, 3.05) is 18.5 Å². The maximum Gasteiger partial charge on any atom is 0.319 e. The van der Waals surface area contributed by atoms with Crippen molar-refractivity contribution < 1.29 is 14.3 Å². The van der Waals surface area contributed by atoms with E-state index in [1.807, 2.05) is 37.3 Å². The van der Waals surface area contributed by atoms with Crippen molar-refractivity contribution in [1.29, 1.82) is 0 Å². The minimum atomic E-state index is -0.277. The number of nitrogens with one attached hydrogen (secondary N) is 2. The van der Waals surface area contributed by atoms with Crippen molar-refractivity contribution in [3.05, 3.63) is 53.9 Å². The van der Waals surface area contributed by atoms with E-state index in [0.29, 0.717) is 24.6 Å². The van der Waals surface area contributed by atoms with Gasteiger partial charge in [-0.05, 0) is 43.5 Å². The third kappa shape index (κ3) is 5.19. The molecule has 2 heterocycles. The highest BCUT2D eigenvalue weighted by atomic mass is 16.5. The molecule has 0 aliphatic carbocycles. The normalized spacial score (nSPS) is 16.4. The van der Waals surface area contributed by atoms with Crippen molar-refractivity contribution in [2.24, 2.45) is 0 Å². The first-order chi connectivity index (χ1) is 12.2. The van der Waals surface area contributed by atoms with Gasteiger partial charge in [-0.2, -0.15) is 0 Å². The van der Waals surface area contributed by atoms with Crippen LogP contribution in [0.25, 0.3) is 0 Å². The summed E-state index contributed by atoms with van der Waals surface area (Å²) in [6.07, 6.45) is 4.01. The lowest BCUT2D eigenvalue weighted by atomic mass is 10.2. The van der Waals surface area contributed by atoms with E-state index in [9.17, 15) is 4.79 Å². The Morgan fingerprint density at radius 3 is 3.08 bits per heavy atom. The van der Waals surface area contributed by atoms with Crippen LogP contribution in [0.15, 0.2) is 42.6 Å². The van der Waals surface area contributed by atoms with Crippen LogP contribution >= 0.6 is 0 Å². The number of carbonyl (C=O) groups excluding carboxylic acids is 1. The molecule has 0 unspecified atom stereocenters. The number of benzene rings is 1. The van der Waals surface area contributed by atoms with E-state index in [0.717, 1.165) is 30.7 Å². The van der Waals surface area contributed by atoms with Crippen LogP contribution in [0.3, 0.4) is 0 Å². The molecule has 2 aromatic rings. The van der Waals surface area contributed by atoms with Crippen molar-refractivity contribution in [2.45, 2.75) is 32.4 Å². The van der Waals surface area contributed by atoms with Crippen LogP contribution in [0.2, 0.25) is 0 Å². The Morgan fingerprint density at radius 1 is 1.36 bits per heavy atom. The summed E-state index contributed by atoms with van der Waals surface area (Å²) in [6.45, 7) is 3.70. The summed E-state index contributed by atoms with van der Waals surface area (Å²) in [5.41, 5.74) is 2.58. The molecule has 2 amide bonds. The van der Waals surface area contributed by atoms with E-state index in [4.69, 9.17) is 9.47 Å². The van der Waals surface area contributed by atoms with Gasteiger partial charge in [0.25, 0.3) is 0 Å². The Labute approximate surface area is 147 Å². The third-order valence-electron chi connectivity index (χ3n) is 4.09. The molecule has 0 radical (unpaired) electrons. The Balaban J connectivity index is 1.49. The zero-order chi connectivity index (χ0) is 17.5. The van der Waals surface area contributed by atoms with Crippen LogP contribution in [0.1, 0.15) is 24.1 Å². The molecular weight excluding hydrogens is 318 g/mol. The van der Waals surface area contributed by atoms with Crippen molar-refractivity contribution in [1.82, 2.24) is 10.3 Å². The van der Waals surface area contributed by atoms with Gasteiger partial charge in [0, 0.05) is 24.6 Å². The minimum Gasteiger partial charge on any atom is -0.491 e. The molecule has 1 atom stereocenters. The summed E-state index contributed by atoms with van der Waals surface area (Å²) in [4.78, 5) is 16.3. The molecular formula is C19H23N3O3. The molecule has 6 nitrogen and oxygen atoms in total. The van der Waals surface area contributed by atoms with Crippen molar-refractivity contribution >= 4 is 11.7 Å². The molecule has 1 aromatic carbocycles. The summed E-state index contributed by atoms with van der Waals surface area (Å²) in [5, 5.41) is 5.62. The molecule has 25 heavy (non-hydrogen) atoms. The van der Waals surface area contributed by atoms with Crippen LogP contribution in [-0.2, 0) is 11.3 Å². The van der Waals surface area contributed by atoms with Crippen LogP contribution in [-0.4, -0.2) is 30.3 Å². The lowest BCUT2D eigenvalue weighted by Gasteiger charge is -2.13. The second-order valence-electron chi connectivity index (χ2n) is 6.05. The smallest absolute Gasteiger partial charge is 0.319 e. The maximum atomic E-state index is 12.1. The quantitative estimate of drug-likeness (QED) is 0.846. The van der Waals surface area contributed by atoms with Gasteiger partial charge in [0.1, 0.15) is 12.4 Å². The zero-order valence-electron chi connectivity index (χ0n) is 14.3. The number of anilines is 1. The summed E-state index contributed by atoms with van der Waals surface area (Å²) in [7, 11) is 0. The number of urea groups is 1. The Kier molecular flexibility index (Phi) is 5.85. The highest BCUT2D eigenvalue weighted by Gasteiger charge is 2.16. The van der Waals surface area contributed by atoms with Crippen LogP contribution in [0, 0.1) is 6.92 Å². The van der Waals surface area contributed by atoms with E-state index < -0.39 is 0 Å². The Hall–Kier alpha value is -2.60. The predicted octanol–water partition coefficient (Wildman–Crippen LogP) is 3.27. The first-order valence-corrected chi connectivity index (χ1v) is 8.50. The van der Waals surface area contributed by atoms with Gasteiger partial charge in [-0.3, -0.25) is 4.98 Å². The average Bonchev–Trinajstić information content (AvgIpc) is 3.13. The molecule has 6 heteroatoms. The van der Waals surface area contributed by atoms with Crippen molar-refractivity contribution in [3.63, 3.8) is 0 Å². The second kappa shape index (κ2) is 8.48. The van der Waals surface area contributed by atoms with Gasteiger partial charge in [-0.25, -0.2) is 4.79 Å². The number of pyridine rings is 1. The number of amides is 2. The Bertz CT molecular complexity index is 715. The number of aryl methyl sites for hydroxylation is 1. The molecule has 0 spiro atoms. The minimum absolute atomic E-state index is 0.168. The number of hydrogen-bond acceptors (Lipinski definition) is 4. The number of hydrogen-bond donors (Lipinski definition) is 2. The fourth-order valence-electron chi connectivity index (χ4n) is 2.67. The van der Waals surface area contributed by atoms with Gasteiger partial charge in [0.2, 0.25) is 0 Å². The molecule has 1 aliphatic rings. The molecule has 2 N–H and O–H groups in total. The first-order valence-electron chi connectivity index (χ1n) is 8.50. The number of nitrogens with zero attached hydrogens (tertiary/aromatic N) is 1. The van der Waals surface area contributed by atoms with Gasteiger partial charge in [-0.15, -0.1) is 0 Å². The van der Waals surface area contributed by atoms with Crippen molar-refractivity contribution in [3.8, 4) is 5.75 Å². The summed E-state index contributed by atoms with van der Waals surface area (Å²) in [5.74, 6) is 0.717. The Morgan fingerprint density at radius 2 is 2.28 bits per heavy atom. The lowest BCUT2D eigenvalue weighted by Crippen LogP contribution is -2.28. The van der Waals surface area contributed by atoms with Crippen LogP contribution < -0.4 is 15.4 Å². The monoisotopic (exact) mass is 341 g/mol. The van der Waals surface area contributed by atoms with Gasteiger partial charge in [0.05, 0.1) is 18.3 Å². The fraction of sp³-hybridized carbons (Fsp3) is 0.368. The predicted molar refractivity (Wildman–Crippen MR) is 95.7 cm³/mol. The van der Waals surface area contributed by atoms with E-state index in [-0.39, 0.29) is 12.1 Å². The molecule has 0 saturated carbocycles. The highest BCUT2D eigenvalue weighted by molar-refractivity contribution is 5.89. The van der Waals surface area contributed by atoms with E-state index >= 15 is 0 Å². The van der Waals surface area contributed by atoms with Crippen LogP contribution in [0.4, 0.5) is 10.5 Å². The summed E-state index contributed by atoms with van der Waals surface area (Å²) in [6, 6.07) is 10.9. The van der Waals surface area contributed by atoms with Gasteiger partial charge in [0.15, 0.2) is 0 Å². The summed E-state index contributed by atoms with van der Waals surface area (Å²) >= 11 is 0. The molecule has 0 bridgehead atoms. The number of rotatable bonds is 6. The lowest BCUT2D eigenvalue weighted by molar-refractivity contribution is 0.0680. The third-order valence-corrected chi connectivity index (χ3v) is 4.09. The summed E-state index contributed by atoms with van der Waals surface area (Å²) < 4.78 is 11.3. The first kappa shape index (κ1) is 17.2. The zero-order valence-corrected chi connectivity index (χ0v) is 14.3. The standard InChI is InChI=1S/C19H23N3O3/c1-14-5-3-9-20-18(14)12-21-19(23)22-15-6-2-7-16(11-15)25-13-17-8-4-10-24-17/h2-3,5-7,9,11,17H,4,8,10,12-13H2,1H3,(H2,21,22,23)/t17-/m0/s1. The molecule has 1 aliphatic heterocycles. The molecule has 3 rings (SSSR count). The van der Waals surface area contributed by atoms with Crippen LogP contribution in [0.5, 0.6) is 5.75 Å². The average molecular weight is 341 g/mol. The molecule has 1 saturated heterocycles. The SMILES string of the molecule is Cc1cccnc1CNC(=O)Nc1cccc(OC[C@@H]2CCCO2)c1. The molecule has 1 aromatic heterocycles.